The largest absolute Gasteiger partial charge is 0.321 e. The van der Waals surface area contributed by atoms with Gasteiger partial charge >= 0.3 is 0 Å². The molecule has 104 valence electrons. The molecule has 1 N–H and O–H groups in total. The zero-order chi connectivity index (χ0) is 13.3. The molecule has 1 saturated carbocycles. The van der Waals surface area contributed by atoms with Gasteiger partial charge in [0.2, 0.25) is 5.91 Å². The highest BCUT2D eigenvalue weighted by atomic mass is 32.2. The van der Waals surface area contributed by atoms with Crippen LogP contribution in [-0.2, 0) is 4.79 Å². The van der Waals surface area contributed by atoms with Crippen molar-refractivity contribution >= 4 is 29.0 Å². The van der Waals surface area contributed by atoms with Crippen LogP contribution in [0.1, 0.15) is 37.4 Å². The Morgan fingerprint density at radius 1 is 1.53 bits per heavy atom. The quantitative estimate of drug-likeness (QED) is 0.819. The number of hydrogen-bond acceptors (Lipinski definition) is 4. The number of amides is 1. The molecule has 1 spiro atoms. The van der Waals surface area contributed by atoms with Crippen LogP contribution in [0.5, 0.6) is 0 Å². The summed E-state index contributed by atoms with van der Waals surface area (Å²) in [6.45, 7) is 0.884. The van der Waals surface area contributed by atoms with Crippen LogP contribution < -0.4 is 5.32 Å². The first-order valence-corrected chi connectivity index (χ1v) is 9.20. The molecule has 19 heavy (non-hydrogen) atoms. The average Bonchev–Trinajstić information content (AvgIpc) is 2.89. The summed E-state index contributed by atoms with van der Waals surface area (Å²) in [5.41, 5.74) is 1.04. The van der Waals surface area contributed by atoms with Crippen molar-refractivity contribution in [3.8, 4) is 0 Å². The van der Waals surface area contributed by atoms with Crippen LogP contribution in [-0.4, -0.2) is 34.9 Å². The van der Waals surface area contributed by atoms with E-state index in [1.807, 2.05) is 11.8 Å². The minimum atomic E-state index is -0.202. The van der Waals surface area contributed by atoms with Crippen LogP contribution >= 0.6 is 23.1 Å². The summed E-state index contributed by atoms with van der Waals surface area (Å²) in [5.74, 6) is 1.51. The summed E-state index contributed by atoms with van der Waals surface area (Å²) >= 11 is 3.58. The Kier molecular flexibility index (Phi) is 3.87. The lowest BCUT2D eigenvalue weighted by molar-refractivity contribution is -0.130. The van der Waals surface area contributed by atoms with E-state index < -0.39 is 0 Å². The van der Waals surface area contributed by atoms with E-state index >= 15 is 0 Å². The molecule has 2 fully saturated rings. The Bertz CT molecular complexity index is 442. The number of nitrogens with one attached hydrogen (secondary N) is 1. The molecule has 3 nitrogen and oxygen atoms in total. The highest BCUT2D eigenvalue weighted by Crippen LogP contribution is 2.46. The predicted molar refractivity (Wildman–Crippen MR) is 81.5 cm³/mol. The molecule has 2 heterocycles. The van der Waals surface area contributed by atoms with E-state index in [0.29, 0.717) is 5.91 Å². The monoisotopic (exact) mass is 296 g/mol. The van der Waals surface area contributed by atoms with Gasteiger partial charge in [-0.15, -0.1) is 0 Å². The maximum absolute atomic E-state index is 12.5. The number of hydrogen-bond donors (Lipinski definition) is 1. The fourth-order valence-corrected chi connectivity index (χ4v) is 3.90. The molecular formula is C14H20N2OS2. The van der Waals surface area contributed by atoms with E-state index in [2.05, 4.69) is 33.3 Å². The topological polar surface area (TPSA) is 32.3 Å². The summed E-state index contributed by atoms with van der Waals surface area (Å²) in [6.07, 6.45) is 6.55. The van der Waals surface area contributed by atoms with Crippen LogP contribution in [0.2, 0.25) is 0 Å². The van der Waals surface area contributed by atoms with Crippen molar-refractivity contribution in [2.75, 3.05) is 18.6 Å². The van der Waals surface area contributed by atoms with E-state index in [9.17, 15) is 4.79 Å². The summed E-state index contributed by atoms with van der Waals surface area (Å²) < 4.78 is 0. The van der Waals surface area contributed by atoms with E-state index in [1.165, 1.54) is 17.7 Å². The number of carbonyl (C=O) groups excluding carboxylic acids is 1. The van der Waals surface area contributed by atoms with Gasteiger partial charge in [0.15, 0.2) is 0 Å². The van der Waals surface area contributed by atoms with Gasteiger partial charge in [-0.1, -0.05) is 0 Å². The van der Waals surface area contributed by atoms with Crippen molar-refractivity contribution in [3.05, 3.63) is 22.4 Å². The van der Waals surface area contributed by atoms with Crippen molar-refractivity contribution in [1.29, 1.82) is 0 Å². The molecule has 1 aromatic rings. The zero-order valence-electron chi connectivity index (χ0n) is 11.2. The first kappa shape index (κ1) is 13.5. The standard InChI is InChI=1S/C14H20N2OS2/c1-18-8-3-2-7-16-12(11-4-9-19-10-11)15-14(5-6-14)13(16)17/h4,9-10,12,15H,2-3,5-8H2,1H3. The second-order valence-electron chi connectivity index (χ2n) is 5.38. The van der Waals surface area contributed by atoms with E-state index in [1.54, 1.807) is 11.3 Å². The molecular weight excluding hydrogens is 276 g/mol. The molecule has 1 aliphatic heterocycles. The van der Waals surface area contributed by atoms with E-state index in [-0.39, 0.29) is 11.7 Å². The molecule has 1 aromatic heterocycles. The number of unbranched alkanes of at least 4 members (excludes halogenated alkanes) is 1. The Hall–Kier alpha value is -0.520. The van der Waals surface area contributed by atoms with Gasteiger partial charge in [0.05, 0.1) is 0 Å². The second-order valence-corrected chi connectivity index (χ2v) is 7.15. The summed E-state index contributed by atoms with van der Waals surface area (Å²) in [5, 5.41) is 7.80. The fourth-order valence-electron chi connectivity index (χ4n) is 2.73. The molecule has 2 aliphatic rings. The molecule has 0 radical (unpaired) electrons. The van der Waals surface area contributed by atoms with Crippen molar-refractivity contribution in [3.63, 3.8) is 0 Å². The van der Waals surface area contributed by atoms with Crippen molar-refractivity contribution in [1.82, 2.24) is 10.2 Å². The normalized spacial score (nSPS) is 24.4. The number of rotatable bonds is 6. The van der Waals surface area contributed by atoms with Gasteiger partial charge in [-0.3, -0.25) is 10.1 Å². The number of nitrogens with zero attached hydrogens (tertiary/aromatic N) is 1. The van der Waals surface area contributed by atoms with Crippen molar-refractivity contribution < 1.29 is 4.79 Å². The van der Waals surface area contributed by atoms with Crippen molar-refractivity contribution in [2.45, 2.75) is 37.4 Å². The maximum atomic E-state index is 12.5. The Balaban J connectivity index is 1.68. The SMILES string of the molecule is CSCCCCN1C(=O)C2(CC2)NC1c1ccsc1. The zero-order valence-corrected chi connectivity index (χ0v) is 12.9. The van der Waals surface area contributed by atoms with Crippen LogP contribution in [0.15, 0.2) is 16.8 Å². The predicted octanol–water partition coefficient (Wildman–Crippen LogP) is 2.85. The fraction of sp³-hybridized carbons (Fsp3) is 0.643. The molecule has 1 saturated heterocycles. The number of carbonyl (C=O) groups is 1. The highest BCUT2D eigenvalue weighted by molar-refractivity contribution is 7.98. The van der Waals surface area contributed by atoms with E-state index in [0.717, 1.165) is 25.8 Å². The van der Waals surface area contributed by atoms with Gasteiger partial charge in [-0.2, -0.15) is 23.1 Å². The molecule has 1 aliphatic carbocycles. The Morgan fingerprint density at radius 3 is 3.00 bits per heavy atom. The lowest BCUT2D eigenvalue weighted by Crippen LogP contribution is -2.33. The van der Waals surface area contributed by atoms with Crippen LogP contribution in [0.25, 0.3) is 0 Å². The van der Waals surface area contributed by atoms with Gasteiger partial charge in [0, 0.05) is 6.54 Å². The first-order valence-electron chi connectivity index (χ1n) is 6.87. The minimum Gasteiger partial charge on any atom is -0.321 e. The van der Waals surface area contributed by atoms with Gasteiger partial charge in [-0.25, -0.2) is 0 Å². The first-order chi connectivity index (χ1) is 9.27. The van der Waals surface area contributed by atoms with Gasteiger partial charge in [0.25, 0.3) is 0 Å². The number of thiophene rings is 1. The molecule has 5 heteroatoms. The Labute approximate surface area is 122 Å². The lowest BCUT2D eigenvalue weighted by atomic mass is 10.2. The summed E-state index contributed by atoms with van der Waals surface area (Å²) in [7, 11) is 0. The molecule has 1 unspecified atom stereocenters. The average molecular weight is 296 g/mol. The van der Waals surface area contributed by atoms with Crippen molar-refractivity contribution in [2.24, 2.45) is 0 Å². The van der Waals surface area contributed by atoms with Gasteiger partial charge in [0.1, 0.15) is 11.7 Å². The smallest absolute Gasteiger partial charge is 0.244 e. The third-order valence-corrected chi connectivity index (χ3v) is 5.40. The van der Waals surface area contributed by atoms with Crippen LogP contribution in [0, 0.1) is 0 Å². The molecule has 3 rings (SSSR count). The van der Waals surface area contributed by atoms with Gasteiger partial charge in [-0.05, 0) is 60.1 Å². The number of thioether (sulfide) groups is 1. The molecule has 0 aromatic carbocycles. The van der Waals surface area contributed by atoms with Crippen LogP contribution in [0.4, 0.5) is 0 Å². The molecule has 0 bridgehead atoms. The molecule has 1 amide bonds. The second kappa shape index (κ2) is 5.46. The third kappa shape index (κ3) is 2.56. The third-order valence-electron chi connectivity index (χ3n) is 4.00. The minimum absolute atomic E-state index is 0.107. The summed E-state index contributed by atoms with van der Waals surface area (Å²) in [6, 6.07) is 2.13. The highest BCUT2D eigenvalue weighted by Gasteiger charge is 2.59. The molecule has 1 atom stereocenters. The lowest BCUT2D eigenvalue weighted by Gasteiger charge is -2.23. The van der Waals surface area contributed by atoms with E-state index in [4.69, 9.17) is 0 Å². The Morgan fingerprint density at radius 2 is 2.37 bits per heavy atom. The van der Waals surface area contributed by atoms with Crippen LogP contribution in [0.3, 0.4) is 0 Å². The summed E-state index contributed by atoms with van der Waals surface area (Å²) in [4.78, 5) is 14.6. The maximum Gasteiger partial charge on any atom is 0.244 e. The van der Waals surface area contributed by atoms with Gasteiger partial charge < -0.3 is 4.90 Å².